The van der Waals surface area contributed by atoms with Gasteiger partial charge in [-0.3, -0.25) is 4.90 Å². The molecule has 27 heavy (non-hydrogen) atoms. The van der Waals surface area contributed by atoms with Gasteiger partial charge in [0.15, 0.2) is 0 Å². The maximum atomic E-state index is 6.13. The highest BCUT2D eigenvalue weighted by atomic mass is 16.5. The van der Waals surface area contributed by atoms with Crippen molar-refractivity contribution >= 4 is 0 Å². The summed E-state index contributed by atoms with van der Waals surface area (Å²) in [6, 6.07) is 19.8. The van der Waals surface area contributed by atoms with E-state index in [1.54, 1.807) is 0 Å². The molecule has 1 N–H and O–H groups in total. The van der Waals surface area contributed by atoms with Crippen LogP contribution in [0.2, 0.25) is 0 Å². The number of hydrogen-bond donors (Lipinski definition) is 1. The molecule has 0 amide bonds. The van der Waals surface area contributed by atoms with E-state index in [0.717, 1.165) is 37.8 Å². The summed E-state index contributed by atoms with van der Waals surface area (Å²) < 4.78 is 6.13. The van der Waals surface area contributed by atoms with Gasteiger partial charge in [-0.15, -0.1) is 0 Å². The van der Waals surface area contributed by atoms with Crippen LogP contribution >= 0.6 is 0 Å². The number of benzene rings is 2. The third-order valence-corrected chi connectivity index (χ3v) is 6.09. The molecule has 0 bridgehead atoms. The molecular formula is C24H32N2O. The van der Waals surface area contributed by atoms with Gasteiger partial charge in [-0.25, -0.2) is 0 Å². The molecule has 1 saturated carbocycles. The van der Waals surface area contributed by atoms with Crippen LogP contribution in [0.1, 0.15) is 49.3 Å². The Morgan fingerprint density at radius 1 is 0.926 bits per heavy atom. The third-order valence-electron chi connectivity index (χ3n) is 6.09. The van der Waals surface area contributed by atoms with Crippen LogP contribution in [0.15, 0.2) is 54.6 Å². The molecule has 0 unspecified atom stereocenters. The van der Waals surface area contributed by atoms with Crippen molar-refractivity contribution in [2.75, 3.05) is 26.2 Å². The summed E-state index contributed by atoms with van der Waals surface area (Å²) >= 11 is 0. The third kappa shape index (κ3) is 4.91. The van der Waals surface area contributed by atoms with E-state index in [0.29, 0.717) is 12.6 Å². The predicted molar refractivity (Wildman–Crippen MR) is 111 cm³/mol. The molecule has 2 aromatic rings. The zero-order valence-corrected chi connectivity index (χ0v) is 16.3. The van der Waals surface area contributed by atoms with Crippen molar-refractivity contribution < 1.29 is 4.74 Å². The Bertz CT molecular complexity index is 673. The summed E-state index contributed by atoms with van der Waals surface area (Å²) in [4.78, 5) is 2.71. The Morgan fingerprint density at radius 3 is 2.48 bits per heavy atom. The smallest absolute Gasteiger partial charge is 0.120 e. The molecule has 1 aliphatic carbocycles. The lowest BCUT2D eigenvalue weighted by Crippen LogP contribution is -2.47. The SMILES string of the molecule is c1ccc(COc2cccc([C@H](C3CCCCC3)N3CCNCC3)c2)cc1. The first-order chi connectivity index (χ1) is 13.4. The van der Waals surface area contributed by atoms with E-state index in [4.69, 9.17) is 4.74 Å². The highest BCUT2D eigenvalue weighted by Crippen LogP contribution is 2.39. The molecule has 0 radical (unpaired) electrons. The summed E-state index contributed by atoms with van der Waals surface area (Å²) in [5.41, 5.74) is 2.66. The van der Waals surface area contributed by atoms with Crippen LogP contribution in [0.25, 0.3) is 0 Å². The van der Waals surface area contributed by atoms with Crippen molar-refractivity contribution in [1.82, 2.24) is 10.2 Å². The maximum Gasteiger partial charge on any atom is 0.120 e. The van der Waals surface area contributed by atoms with Gasteiger partial charge in [-0.1, -0.05) is 61.7 Å². The van der Waals surface area contributed by atoms with E-state index < -0.39 is 0 Å². The van der Waals surface area contributed by atoms with Gasteiger partial charge < -0.3 is 10.1 Å². The van der Waals surface area contributed by atoms with Crippen LogP contribution in [0, 0.1) is 5.92 Å². The van der Waals surface area contributed by atoms with Crippen LogP contribution in [-0.4, -0.2) is 31.1 Å². The Kier molecular flexibility index (Phi) is 6.44. The van der Waals surface area contributed by atoms with Crippen LogP contribution in [0.5, 0.6) is 5.75 Å². The minimum absolute atomic E-state index is 0.535. The monoisotopic (exact) mass is 364 g/mol. The fraction of sp³-hybridized carbons (Fsp3) is 0.500. The minimum atomic E-state index is 0.535. The van der Waals surface area contributed by atoms with Crippen LogP contribution < -0.4 is 10.1 Å². The molecule has 4 rings (SSSR count). The Hall–Kier alpha value is -1.84. The van der Waals surface area contributed by atoms with Gasteiger partial charge in [0.2, 0.25) is 0 Å². The average Bonchev–Trinajstić information content (AvgIpc) is 2.75. The lowest BCUT2D eigenvalue weighted by atomic mass is 9.80. The Balaban J connectivity index is 1.52. The molecule has 144 valence electrons. The van der Waals surface area contributed by atoms with E-state index >= 15 is 0 Å². The van der Waals surface area contributed by atoms with Gasteiger partial charge >= 0.3 is 0 Å². The molecule has 1 aliphatic heterocycles. The van der Waals surface area contributed by atoms with Crippen LogP contribution in [0.3, 0.4) is 0 Å². The number of hydrogen-bond acceptors (Lipinski definition) is 3. The lowest BCUT2D eigenvalue weighted by molar-refractivity contribution is 0.103. The molecule has 2 aromatic carbocycles. The van der Waals surface area contributed by atoms with Gasteiger partial charge in [0.25, 0.3) is 0 Å². The molecule has 2 fully saturated rings. The summed E-state index contributed by atoms with van der Waals surface area (Å²) in [6.07, 6.45) is 6.91. The molecule has 1 heterocycles. The van der Waals surface area contributed by atoms with Gasteiger partial charge in [-0.05, 0) is 42.0 Å². The zero-order chi connectivity index (χ0) is 18.3. The van der Waals surface area contributed by atoms with Crippen LogP contribution in [0.4, 0.5) is 0 Å². The second-order valence-corrected chi connectivity index (χ2v) is 7.98. The van der Waals surface area contributed by atoms with Gasteiger partial charge in [0, 0.05) is 32.2 Å². The number of nitrogens with one attached hydrogen (secondary N) is 1. The van der Waals surface area contributed by atoms with E-state index in [2.05, 4.69) is 58.7 Å². The fourth-order valence-corrected chi connectivity index (χ4v) is 4.72. The quantitative estimate of drug-likeness (QED) is 0.797. The second kappa shape index (κ2) is 9.38. The number of piperazine rings is 1. The molecule has 2 aliphatic rings. The first-order valence-electron chi connectivity index (χ1n) is 10.6. The van der Waals surface area contributed by atoms with Crippen molar-refractivity contribution in [3.05, 3.63) is 65.7 Å². The first-order valence-corrected chi connectivity index (χ1v) is 10.6. The van der Waals surface area contributed by atoms with E-state index in [1.165, 1.54) is 43.2 Å². The Morgan fingerprint density at radius 2 is 1.70 bits per heavy atom. The molecule has 3 heteroatoms. The normalized spacial score (nSPS) is 20.3. The summed E-state index contributed by atoms with van der Waals surface area (Å²) in [6.45, 7) is 5.14. The standard InChI is InChI=1S/C24H32N2O/c1-3-8-20(9-4-1)19-27-23-13-7-12-22(18-23)24(21-10-5-2-6-11-21)26-16-14-25-15-17-26/h1,3-4,7-9,12-13,18,21,24-25H,2,5-6,10-11,14-17,19H2/t24-/m0/s1. The molecule has 1 saturated heterocycles. The summed E-state index contributed by atoms with van der Waals surface area (Å²) in [5, 5.41) is 3.51. The van der Waals surface area contributed by atoms with Crippen molar-refractivity contribution in [3.8, 4) is 5.75 Å². The first kappa shape index (κ1) is 18.5. The van der Waals surface area contributed by atoms with Crippen molar-refractivity contribution in [1.29, 1.82) is 0 Å². The molecule has 1 atom stereocenters. The van der Waals surface area contributed by atoms with E-state index in [9.17, 15) is 0 Å². The molecule has 0 spiro atoms. The molecule has 0 aromatic heterocycles. The minimum Gasteiger partial charge on any atom is -0.489 e. The zero-order valence-electron chi connectivity index (χ0n) is 16.3. The second-order valence-electron chi connectivity index (χ2n) is 7.98. The fourth-order valence-electron chi connectivity index (χ4n) is 4.72. The van der Waals surface area contributed by atoms with Crippen molar-refractivity contribution in [3.63, 3.8) is 0 Å². The van der Waals surface area contributed by atoms with Crippen LogP contribution in [-0.2, 0) is 6.61 Å². The number of nitrogens with zero attached hydrogens (tertiary/aromatic N) is 1. The number of ether oxygens (including phenoxy) is 1. The van der Waals surface area contributed by atoms with Crippen molar-refractivity contribution in [2.24, 2.45) is 5.92 Å². The molecular weight excluding hydrogens is 332 g/mol. The maximum absolute atomic E-state index is 6.13. The highest BCUT2D eigenvalue weighted by molar-refractivity contribution is 5.31. The van der Waals surface area contributed by atoms with E-state index in [1.807, 2.05) is 6.07 Å². The average molecular weight is 365 g/mol. The predicted octanol–water partition coefficient (Wildman–Crippen LogP) is 4.79. The summed E-state index contributed by atoms with van der Waals surface area (Å²) in [7, 11) is 0. The van der Waals surface area contributed by atoms with E-state index in [-0.39, 0.29) is 0 Å². The van der Waals surface area contributed by atoms with Gasteiger partial charge in [0.1, 0.15) is 12.4 Å². The lowest BCUT2D eigenvalue weighted by Gasteiger charge is -2.41. The van der Waals surface area contributed by atoms with Gasteiger partial charge in [0.05, 0.1) is 0 Å². The summed E-state index contributed by atoms with van der Waals surface area (Å²) in [5.74, 6) is 1.77. The van der Waals surface area contributed by atoms with Crippen molar-refractivity contribution in [2.45, 2.75) is 44.8 Å². The topological polar surface area (TPSA) is 24.5 Å². The number of rotatable bonds is 6. The van der Waals surface area contributed by atoms with Gasteiger partial charge in [-0.2, -0.15) is 0 Å². The largest absolute Gasteiger partial charge is 0.489 e. The molecule has 3 nitrogen and oxygen atoms in total. The highest BCUT2D eigenvalue weighted by Gasteiger charge is 2.31. The Labute approximate surface area is 163 Å².